The zero-order valence-electron chi connectivity index (χ0n) is 32.0. The fourth-order valence-electron chi connectivity index (χ4n) is 6.09. The molecule has 2 rings (SSSR count). The number of carboxylic acid groups (broad SMARTS) is 3. The second-order valence-corrected chi connectivity index (χ2v) is 13.7. The van der Waals surface area contributed by atoms with E-state index in [9.17, 15) is 59.4 Å². The van der Waals surface area contributed by atoms with Gasteiger partial charge in [0.2, 0.25) is 17.7 Å². The number of aliphatic hydroxyl groups excluding tert-OH is 6. The summed E-state index contributed by atoms with van der Waals surface area (Å²) in [5, 5.41) is 94.1. The first-order valence-corrected chi connectivity index (χ1v) is 18.6. The fourth-order valence-corrected chi connectivity index (χ4v) is 6.09. The Balaban J connectivity index is 0.0000168. The van der Waals surface area contributed by atoms with Crippen LogP contribution in [0.4, 0.5) is 0 Å². The molecule has 6 unspecified atom stereocenters. The Kier molecular flexibility index (Phi) is 25.9. The maximum atomic E-state index is 12.8. The van der Waals surface area contributed by atoms with Crippen molar-refractivity contribution in [2.24, 2.45) is 0 Å². The Morgan fingerprint density at radius 1 is 0.552 bits per heavy atom. The number of rotatable bonds is 24. The van der Waals surface area contributed by atoms with E-state index < -0.39 is 91.9 Å². The third-order valence-corrected chi connectivity index (χ3v) is 9.29. The van der Waals surface area contributed by atoms with Crippen molar-refractivity contribution in [2.75, 3.05) is 65.6 Å². The smallest absolute Gasteiger partial charge is 0.320 e. The molecule has 1 aromatic heterocycles. The van der Waals surface area contributed by atoms with E-state index in [4.69, 9.17) is 15.3 Å². The van der Waals surface area contributed by atoms with Crippen molar-refractivity contribution in [2.45, 2.75) is 88.1 Å². The standard InChI is InChI=1S/C35H57N7O15.Gd/c43-19-24(46)14-36-30(49)7-4-27(33(52)53)40-10-12-41(28(34(54)55)5-8-31(50)37-15-25(47)20-44)17-22-2-1-3-23(39-22)18-42(13-11-40)29(35(56)57)6-9-32(51)38-16-26(48)21-45;/h1-3,24-29,43-48H,4-21H2,(H,36,49)(H,37,50)(H,38,51)(H,52,53)(H,54,55)(H,56,57);. The van der Waals surface area contributed by atoms with Gasteiger partial charge in [-0.1, -0.05) is 6.07 Å². The zero-order chi connectivity index (χ0) is 42.5. The molecule has 0 radical (unpaired) electrons. The minimum Gasteiger partial charge on any atom is -0.480 e. The predicted molar refractivity (Wildman–Crippen MR) is 197 cm³/mol. The molecule has 1 aromatic rings. The van der Waals surface area contributed by atoms with Crippen LogP contribution < -0.4 is 16.0 Å². The molecule has 23 heteroatoms. The van der Waals surface area contributed by atoms with Gasteiger partial charge in [0.15, 0.2) is 0 Å². The molecule has 22 nitrogen and oxygen atoms in total. The average Bonchev–Trinajstić information content (AvgIpc) is 3.17. The Morgan fingerprint density at radius 2 is 0.845 bits per heavy atom. The van der Waals surface area contributed by atoms with Gasteiger partial charge < -0.3 is 61.9 Å². The summed E-state index contributed by atoms with van der Waals surface area (Å²) in [5.41, 5.74) is 0.762. The van der Waals surface area contributed by atoms with Crippen LogP contribution in [0.25, 0.3) is 0 Å². The zero-order valence-corrected chi connectivity index (χ0v) is 34.3. The Morgan fingerprint density at radius 3 is 1.14 bits per heavy atom. The van der Waals surface area contributed by atoms with Crippen molar-refractivity contribution in [1.82, 2.24) is 35.6 Å². The van der Waals surface area contributed by atoms with E-state index in [1.54, 1.807) is 18.2 Å². The van der Waals surface area contributed by atoms with Gasteiger partial charge >= 0.3 is 17.9 Å². The van der Waals surface area contributed by atoms with E-state index in [0.29, 0.717) is 11.4 Å². The molecular formula is C35H57GdN7O15. The molecule has 330 valence electrons. The van der Waals surface area contributed by atoms with Crippen molar-refractivity contribution < 1.29 is 115 Å². The van der Waals surface area contributed by atoms with Gasteiger partial charge in [0.25, 0.3) is 0 Å². The number of fused-ring (bicyclic) bond motifs is 2. The van der Waals surface area contributed by atoms with Crippen LogP contribution in [-0.4, -0.2) is 203 Å². The van der Waals surface area contributed by atoms with Gasteiger partial charge in [-0.2, -0.15) is 0 Å². The van der Waals surface area contributed by atoms with Crippen LogP contribution in [0, 0.1) is 39.9 Å². The Labute approximate surface area is 367 Å². The third kappa shape index (κ3) is 19.8. The van der Waals surface area contributed by atoms with Crippen molar-refractivity contribution in [3.63, 3.8) is 0 Å². The van der Waals surface area contributed by atoms with Gasteiger partial charge in [-0.15, -0.1) is 0 Å². The second-order valence-electron chi connectivity index (χ2n) is 13.7. The number of aromatic nitrogens is 1. The Hall–Kier alpha value is -3.07. The number of carboxylic acids is 3. The van der Waals surface area contributed by atoms with Gasteiger partial charge in [-0.05, 0) is 31.4 Å². The van der Waals surface area contributed by atoms with Crippen molar-refractivity contribution in [1.29, 1.82) is 0 Å². The molecule has 1 aliphatic heterocycles. The number of carbonyl (C=O) groups is 6. The number of nitrogens with one attached hydrogen (secondary N) is 3. The minimum absolute atomic E-state index is 0. The fraction of sp³-hybridized carbons (Fsp3) is 0.686. The summed E-state index contributed by atoms with van der Waals surface area (Å²) in [7, 11) is 0. The molecule has 58 heavy (non-hydrogen) atoms. The summed E-state index contributed by atoms with van der Waals surface area (Å²) in [6.45, 7) is -3.13. The van der Waals surface area contributed by atoms with E-state index in [0.717, 1.165) is 0 Å². The molecule has 0 saturated heterocycles. The van der Waals surface area contributed by atoms with Gasteiger partial charge in [-0.25, -0.2) is 0 Å². The SMILES string of the molecule is O=C(CCC(C(=O)O)N1CCN(C(CCC(=O)NCC(O)CO)C(=O)O)Cc2cccc(n2)CN(C(CCC(=O)NCC(O)CO)C(=O)O)CC1)NCC(O)CO.[Gd]. The number of carbonyl (C=O) groups excluding carboxylic acids is 3. The number of hydrogen-bond acceptors (Lipinski definition) is 16. The Bertz CT molecular complexity index is 1390. The summed E-state index contributed by atoms with van der Waals surface area (Å²) >= 11 is 0. The molecule has 6 atom stereocenters. The normalized spacial score (nSPS) is 17.4. The number of amides is 3. The molecule has 12 N–H and O–H groups in total. The topological polar surface area (TPSA) is 343 Å². The molecule has 2 heterocycles. The van der Waals surface area contributed by atoms with Crippen LogP contribution in [0.2, 0.25) is 0 Å². The molecule has 0 aliphatic carbocycles. The second kappa shape index (κ2) is 28.4. The molecule has 0 spiro atoms. The van der Waals surface area contributed by atoms with E-state index in [-0.39, 0.29) is 137 Å². The molecule has 0 fully saturated rings. The summed E-state index contributed by atoms with van der Waals surface area (Å²) in [5.74, 6) is -5.65. The van der Waals surface area contributed by atoms with Crippen LogP contribution in [0.1, 0.15) is 49.9 Å². The van der Waals surface area contributed by atoms with E-state index in [1.807, 2.05) is 0 Å². The van der Waals surface area contributed by atoms with Crippen molar-refractivity contribution >= 4 is 35.6 Å². The predicted octanol–water partition coefficient (Wildman–Crippen LogP) is -4.89. The molecule has 2 bridgehead atoms. The van der Waals surface area contributed by atoms with Crippen LogP contribution in [0.15, 0.2) is 18.2 Å². The van der Waals surface area contributed by atoms with Gasteiger partial charge in [-0.3, -0.25) is 48.5 Å². The van der Waals surface area contributed by atoms with E-state index in [2.05, 4.69) is 20.9 Å². The molecule has 1 aliphatic rings. The maximum absolute atomic E-state index is 12.8. The van der Waals surface area contributed by atoms with Crippen LogP contribution >= 0.6 is 0 Å². The van der Waals surface area contributed by atoms with Crippen molar-refractivity contribution in [3.8, 4) is 0 Å². The first kappa shape index (κ1) is 53.0. The number of aliphatic carboxylic acids is 3. The summed E-state index contributed by atoms with van der Waals surface area (Å²) < 4.78 is 0. The summed E-state index contributed by atoms with van der Waals surface area (Å²) in [6, 6.07) is 0.996. The van der Waals surface area contributed by atoms with Gasteiger partial charge in [0, 0.05) is 118 Å². The summed E-state index contributed by atoms with van der Waals surface area (Å²) in [4.78, 5) is 84.9. The third-order valence-electron chi connectivity index (χ3n) is 9.29. The number of pyridine rings is 1. The molecular weight excluding hydrogens is 916 g/mol. The number of aliphatic hydroxyl groups is 6. The van der Waals surface area contributed by atoms with E-state index >= 15 is 0 Å². The largest absolute Gasteiger partial charge is 0.480 e. The minimum atomic E-state index is -1.35. The van der Waals surface area contributed by atoms with Gasteiger partial charge in [0.05, 0.1) is 49.5 Å². The number of nitrogens with zero attached hydrogens (tertiary/aromatic N) is 4. The molecule has 3 amide bonds. The first-order chi connectivity index (χ1) is 27.1. The molecule has 0 aromatic carbocycles. The number of hydrogen-bond donors (Lipinski definition) is 12. The van der Waals surface area contributed by atoms with Gasteiger partial charge in [0.1, 0.15) is 18.1 Å². The quantitative estimate of drug-likeness (QED) is 0.0462. The first-order valence-electron chi connectivity index (χ1n) is 18.6. The molecule has 0 saturated carbocycles. The monoisotopic (exact) mass is 973 g/mol. The van der Waals surface area contributed by atoms with E-state index in [1.165, 1.54) is 14.7 Å². The van der Waals surface area contributed by atoms with Crippen LogP contribution in [-0.2, 0) is 41.9 Å². The summed E-state index contributed by atoms with van der Waals surface area (Å²) in [6.07, 6.45) is -5.14. The van der Waals surface area contributed by atoms with Crippen molar-refractivity contribution in [3.05, 3.63) is 29.6 Å². The maximum Gasteiger partial charge on any atom is 0.320 e. The average molecular weight is 973 g/mol. The van der Waals surface area contributed by atoms with Crippen LogP contribution in [0.3, 0.4) is 0 Å². The van der Waals surface area contributed by atoms with Crippen LogP contribution in [0.5, 0.6) is 0 Å².